The van der Waals surface area contributed by atoms with Crippen molar-refractivity contribution in [1.29, 1.82) is 0 Å². The minimum atomic E-state index is -1.03. The molecule has 0 radical (unpaired) electrons. The number of nitrogens with one attached hydrogen (secondary N) is 1. The highest BCUT2D eigenvalue weighted by Gasteiger charge is 2.22. The van der Waals surface area contributed by atoms with Crippen molar-refractivity contribution in [2.75, 3.05) is 0 Å². The summed E-state index contributed by atoms with van der Waals surface area (Å²) in [4.78, 5) is 23.4. The summed E-state index contributed by atoms with van der Waals surface area (Å²) in [5, 5.41) is 15.8. The first kappa shape index (κ1) is 15.8. The highest BCUT2D eigenvalue weighted by molar-refractivity contribution is 5.96. The Labute approximate surface area is 128 Å². The molecule has 2 N–H and O–H groups in total. The van der Waals surface area contributed by atoms with Crippen LogP contribution in [0.5, 0.6) is 0 Å². The monoisotopic (exact) mass is 301 g/mol. The van der Waals surface area contributed by atoms with E-state index in [-0.39, 0.29) is 5.92 Å². The molecule has 6 heteroatoms. The molecule has 0 fully saturated rings. The predicted molar refractivity (Wildman–Crippen MR) is 81.9 cm³/mol. The number of carboxylic acids is 1. The molecule has 116 valence electrons. The number of para-hydroxylation sites is 1. The molecule has 1 unspecified atom stereocenters. The Morgan fingerprint density at radius 2 is 1.95 bits per heavy atom. The van der Waals surface area contributed by atoms with Crippen molar-refractivity contribution < 1.29 is 14.7 Å². The molecule has 0 saturated carbocycles. The van der Waals surface area contributed by atoms with Gasteiger partial charge >= 0.3 is 5.97 Å². The largest absolute Gasteiger partial charge is 0.480 e. The number of benzene rings is 1. The number of aliphatic carboxylic acids is 1. The van der Waals surface area contributed by atoms with E-state index in [4.69, 9.17) is 5.11 Å². The first-order valence-electron chi connectivity index (χ1n) is 7.11. The van der Waals surface area contributed by atoms with Gasteiger partial charge in [-0.1, -0.05) is 32.0 Å². The maximum atomic E-state index is 12.2. The van der Waals surface area contributed by atoms with Crippen molar-refractivity contribution in [3.63, 3.8) is 0 Å². The lowest BCUT2D eigenvalue weighted by Crippen LogP contribution is -2.41. The number of hydrogen-bond acceptors (Lipinski definition) is 3. The van der Waals surface area contributed by atoms with Gasteiger partial charge in [0.25, 0.3) is 5.91 Å². The van der Waals surface area contributed by atoms with E-state index in [9.17, 15) is 9.59 Å². The van der Waals surface area contributed by atoms with Gasteiger partial charge < -0.3 is 10.4 Å². The smallest absolute Gasteiger partial charge is 0.326 e. The van der Waals surface area contributed by atoms with Crippen LogP contribution < -0.4 is 5.32 Å². The molecule has 0 spiro atoms. The topological polar surface area (TPSA) is 84.2 Å². The van der Waals surface area contributed by atoms with Gasteiger partial charge in [0.2, 0.25) is 0 Å². The average molecular weight is 301 g/mol. The lowest BCUT2D eigenvalue weighted by atomic mass is 10.0. The van der Waals surface area contributed by atoms with Gasteiger partial charge in [-0.15, -0.1) is 0 Å². The molecular weight excluding hydrogens is 282 g/mol. The van der Waals surface area contributed by atoms with E-state index in [1.165, 1.54) is 6.20 Å². The molecule has 1 aromatic heterocycles. The molecule has 1 atom stereocenters. The van der Waals surface area contributed by atoms with Gasteiger partial charge in [-0.05, 0) is 24.5 Å². The third-order valence-electron chi connectivity index (χ3n) is 3.18. The van der Waals surface area contributed by atoms with E-state index in [0.717, 1.165) is 5.69 Å². The summed E-state index contributed by atoms with van der Waals surface area (Å²) in [5.74, 6) is -1.29. The van der Waals surface area contributed by atoms with Crippen molar-refractivity contribution >= 4 is 11.9 Å². The lowest BCUT2D eigenvalue weighted by molar-refractivity contribution is -0.139. The SMILES string of the molecule is CC(C)CC(NC(=O)c1cnn(-c2ccccc2)c1)C(=O)O. The minimum absolute atomic E-state index is 0.174. The van der Waals surface area contributed by atoms with Gasteiger partial charge in [-0.25, -0.2) is 9.48 Å². The molecule has 0 aliphatic carbocycles. The van der Waals surface area contributed by atoms with E-state index in [0.29, 0.717) is 12.0 Å². The number of rotatable bonds is 6. The summed E-state index contributed by atoms with van der Waals surface area (Å²) < 4.78 is 1.58. The summed E-state index contributed by atoms with van der Waals surface area (Å²) in [6.07, 6.45) is 3.39. The van der Waals surface area contributed by atoms with Crippen molar-refractivity contribution in [3.8, 4) is 5.69 Å². The van der Waals surface area contributed by atoms with Crippen LogP contribution in [0.3, 0.4) is 0 Å². The van der Waals surface area contributed by atoms with Gasteiger partial charge in [0.15, 0.2) is 0 Å². The molecule has 0 aliphatic heterocycles. The van der Waals surface area contributed by atoms with Crippen LogP contribution in [-0.4, -0.2) is 32.8 Å². The maximum Gasteiger partial charge on any atom is 0.326 e. The van der Waals surface area contributed by atoms with Gasteiger partial charge in [0.05, 0.1) is 17.4 Å². The molecule has 0 saturated heterocycles. The van der Waals surface area contributed by atoms with Gasteiger partial charge in [0.1, 0.15) is 6.04 Å². The molecule has 0 bridgehead atoms. The Bertz CT molecular complexity index is 650. The molecule has 22 heavy (non-hydrogen) atoms. The second-order valence-corrected chi connectivity index (χ2v) is 5.50. The van der Waals surface area contributed by atoms with Crippen LogP contribution in [0, 0.1) is 5.92 Å². The second kappa shape index (κ2) is 6.89. The minimum Gasteiger partial charge on any atom is -0.480 e. The zero-order valence-corrected chi connectivity index (χ0v) is 12.6. The van der Waals surface area contributed by atoms with E-state index >= 15 is 0 Å². The third-order valence-corrected chi connectivity index (χ3v) is 3.18. The van der Waals surface area contributed by atoms with Crippen LogP contribution in [0.4, 0.5) is 0 Å². The molecule has 2 aromatic rings. The zero-order valence-electron chi connectivity index (χ0n) is 12.6. The van der Waals surface area contributed by atoms with E-state index in [1.807, 2.05) is 44.2 Å². The van der Waals surface area contributed by atoms with Crippen LogP contribution in [0.25, 0.3) is 5.69 Å². The zero-order chi connectivity index (χ0) is 16.1. The summed E-state index contributed by atoms with van der Waals surface area (Å²) >= 11 is 0. The Balaban J connectivity index is 2.10. The van der Waals surface area contributed by atoms with Crippen LogP contribution in [0.2, 0.25) is 0 Å². The highest BCUT2D eigenvalue weighted by Crippen LogP contribution is 2.09. The van der Waals surface area contributed by atoms with Gasteiger partial charge in [0, 0.05) is 6.20 Å². The standard InChI is InChI=1S/C16H19N3O3/c1-11(2)8-14(16(21)22)18-15(20)12-9-17-19(10-12)13-6-4-3-5-7-13/h3-7,9-11,14H,8H2,1-2H3,(H,18,20)(H,21,22). The Hall–Kier alpha value is -2.63. The van der Waals surface area contributed by atoms with E-state index in [2.05, 4.69) is 10.4 Å². The average Bonchev–Trinajstić information content (AvgIpc) is 2.96. The van der Waals surface area contributed by atoms with Crippen molar-refractivity contribution in [1.82, 2.24) is 15.1 Å². The lowest BCUT2D eigenvalue weighted by Gasteiger charge is -2.15. The number of carboxylic acid groups (broad SMARTS) is 1. The molecular formula is C16H19N3O3. The molecule has 0 aliphatic rings. The number of hydrogen-bond donors (Lipinski definition) is 2. The number of carbonyl (C=O) groups excluding carboxylic acids is 1. The van der Waals surface area contributed by atoms with Crippen molar-refractivity contribution in [2.45, 2.75) is 26.3 Å². The van der Waals surface area contributed by atoms with E-state index in [1.54, 1.807) is 10.9 Å². The van der Waals surface area contributed by atoms with Crippen LogP contribution in [-0.2, 0) is 4.79 Å². The first-order chi connectivity index (χ1) is 10.5. The fourth-order valence-electron chi connectivity index (χ4n) is 2.10. The summed E-state index contributed by atoms with van der Waals surface area (Å²) in [6, 6.07) is 8.48. The summed E-state index contributed by atoms with van der Waals surface area (Å²) in [6.45, 7) is 3.82. The fraction of sp³-hybridized carbons (Fsp3) is 0.312. The van der Waals surface area contributed by atoms with E-state index < -0.39 is 17.9 Å². The predicted octanol–water partition coefficient (Wildman–Crippen LogP) is 2.10. The van der Waals surface area contributed by atoms with Crippen molar-refractivity contribution in [2.24, 2.45) is 5.92 Å². The fourth-order valence-corrected chi connectivity index (χ4v) is 2.10. The summed E-state index contributed by atoms with van der Waals surface area (Å²) in [5.41, 5.74) is 1.16. The Kier molecular flexibility index (Phi) is 4.93. The number of amides is 1. The maximum absolute atomic E-state index is 12.2. The molecule has 1 aromatic carbocycles. The Morgan fingerprint density at radius 1 is 1.27 bits per heavy atom. The third kappa shape index (κ3) is 3.94. The summed E-state index contributed by atoms with van der Waals surface area (Å²) in [7, 11) is 0. The van der Waals surface area contributed by atoms with Crippen molar-refractivity contribution in [3.05, 3.63) is 48.3 Å². The first-order valence-corrected chi connectivity index (χ1v) is 7.11. The molecule has 1 heterocycles. The normalized spacial score (nSPS) is 12.1. The van der Waals surface area contributed by atoms with Gasteiger partial charge in [-0.2, -0.15) is 5.10 Å². The van der Waals surface area contributed by atoms with Crippen LogP contribution in [0.15, 0.2) is 42.7 Å². The quantitative estimate of drug-likeness (QED) is 0.855. The molecule has 6 nitrogen and oxygen atoms in total. The molecule has 2 rings (SSSR count). The van der Waals surface area contributed by atoms with Crippen LogP contribution in [0.1, 0.15) is 30.6 Å². The van der Waals surface area contributed by atoms with Crippen LogP contribution >= 0.6 is 0 Å². The Morgan fingerprint density at radius 3 is 2.55 bits per heavy atom. The number of carbonyl (C=O) groups is 2. The second-order valence-electron chi connectivity index (χ2n) is 5.50. The number of nitrogens with zero attached hydrogens (tertiary/aromatic N) is 2. The van der Waals surface area contributed by atoms with Gasteiger partial charge in [-0.3, -0.25) is 4.79 Å². The molecule has 1 amide bonds. The number of aromatic nitrogens is 2. The highest BCUT2D eigenvalue weighted by atomic mass is 16.4.